The minimum atomic E-state index is -0.186. The van der Waals surface area contributed by atoms with Crippen LogP contribution in [0.1, 0.15) is 113 Å². The average Bonchev–Trinajstić information content (AvgIpc) is 3.27. The third-order valence-electron chi connectivity index (χ3n) is 15.0. The molecule has 4 saturated carbocycles. The zero-order valence-electron chi connectivity index (χ0n) is 27.4. The molecule has 0 bridgehead atoms. The van der Waals surface area contributed by atoms with Crippen molar-refractivity contribution in [1.29, 1.82) is 0 Å². The van der Waals surface area contributed by atoms with Crippen LogP contribution in [-0.2, 0) is 9.53 Å². The molecule has 10 atom stereocenters. The van der Waals surface area contributed by atoms with Crippen molar-refractivity contribution in [2.75, 3.05) is 7.11 Å². The van der Waals surface area contributed by atoms with Gasteiger partial charge in [-0.15, -0.1) is 0 Å². The smallest absolute Gasteiger partial charge is 0.333 e. The van der Waals surface area contributed by atoms with Crippen molar-refractivity contribution in [2.24, 2.45) is 62.9 Å². The van der Waals surface area contributed by atoms with E-state index in [1.807, 2.05) is 6.08 Å². The Morgan fingerprint density at radius 3 is 2.34 bits per heavy atom. The molecule has 0 amide bonds. The Labute approximate surface area is 250 Å². The molecule has 2 N–H and O–H groups in total. The standard InChI is InChI=1S/C38H57NO2/c1-23(2)26-14-19-38(39)21-20-36(7)29(32(26)38)12-13-31-35(6)17-15-28(34(4,5)30(35)16-18-37(31,36)8)27-11-10-25(22-24(27)3)33(40)41-9/h10-11,15,24,26,29-32H,1,12-14,16-22,39H2,2-9H3/t24?,26-,29+,30-,31+,32+,35-,36+,37+,38-/m0/s1. The predicted molar refractivity (Wildman–Crippen MR) is 169 cm³/mol. The normalized spacial score (nSPS) is 48.4. The fourth-order valence-corrected chi connectivity index (χ4v) is 12.8. The fourth-order valence-electron chi connectivity index (χ4n) is 12.8. The van der Waals surface area contributed by atoms with Crippen molar-refractivity contribution in [1.82, 2.24) is 0 Å². The van der Waals surface area contributed by atoms with E-state index < -0.39 is 0 Å². The number of hydrogen-bond acceptors (Lipinski definition) is 3. The number of methoxy groups -OCH3 is 1. The summed E-state index contributed by atoms with van der Waals surface area (Å²) in [7, 11) is 1.48. The maximum Gasteiger partial charge on any atom is 0.333 e. The van der Waals surface area contributed by atoms with E-state index in [9.17, 15) is 4.79 Å². The molecule has 0 aliphatic heterocycles. The maximum atomic E-state index is 12.2. The van der Waals surface area contributed by atoms with Crippen LogP contribution < -0.4 is 5.73 Å². The molecule has 0 heterocycles. The Kier molecular flexibility index (Phi) is 6.79. The molecule has 0 aromatic rings. The lowest BCUT2D eigenvalue weighted by Gasteiger charge is -2.72. The van der Waals surface area contributed by atoms with Gasteiger partial charge >= 0.3 is 5.97 Å². The fraction of sp³-hybridized carbons (Fsp3) is 0.763. The topological polar surface area (TPSA) is 52.3 Å². The highest BCUT2D eigenvalue weighted by atomic mass is 16.5. The van der Waals surface area contributed by atoms with Gasteiger partial charge < -0.3 is 10.5 Å². The van der Waals surface area contributed by atoms with Crippen molar-refractivity contribution in [3.8, 4) is 0 Å². The molecular formula is C38H57NO2. The summed E-state index contributed by atoms with van der Waals surface area (Å²) in [5.74, 6) is 3.49. The summed E-state index contributed by atoms with van der Waals surface area (Å²) in [6.07, 6.45) is 19.1. The zero-order chi connectivity index (χ0) is 29.8. The largest absolute Gasteiger partial charge is 0.466 e. The highest BCUT2D eigenvalue weighted by Crippen LogP contribution is 2.76. The van der Waals surface area contributed by atoms with Crippen LogP contribution in [0.15, 0.2) is 47.1 Å². The molecule has 0 saturated heterocycles. The van der Waals surface area contributed by atoms with Gasteiger partial charge in [0.15, 0.2) is 0 Å². The van der Waals surface area contributed by atoms with Gasteiger partial charge in [0, 0.05) is 11.1 Å². The van der Waals surface area contributed by atoms with Gasteiger partial charge in [-0.2, -0.15) is 0 Å². The molecule has 6 aliphatic rings. The van der Waals surface area contributed by atoms with Gasteiger partial charge in [-0.25, -0.2) is 4.79 Å². The number of allylic oxidation sites excluding steroid dienone is 6. The SMILES string of the molecule is C=C(C)[C@@H]1CC[C@]2(N)CC[C@]3(C)[C@H](CC[C@@H]4[C@@]5(C)CC=C(C6=CC=C(C(=O)OC)CC6C)C(C)(C)[C@@H]5CC[C@]43C)[C@@H]12. The zero-order valence-corrected chi connectivity index (χ0v) is 27.4. The summed E-state index contributed by atoms with van der Waals surface area (Å²) >= 11 is 0. The average molecular weight is 560 g/mol. The lowest BCUT2D eigenvalue weighted by molar-refractivity contribution is -0.219. The van der Waals surface area contributed by atoms with Gasteiger partial charge in [0.2, 0.25) is 0 Å². The molecule has 0 spiro atoms. The lowest BCUT2D eigenvalue weighted by atomic mass is 9.33. The van der Waals surface area contributed by atoms with Gasteiger partial charge in [0.25, 0.3) is 0 Å². The Balaban J connectivity index is 1.35. The molecule has 0 radical (unpaired) electrons. The van der Waals surface area contributed by atoms with E-state index in [4.69, 9.17) is 10.5 Å². The first kappa shape index (κ1) is 29.5. The molecule has 3 heteroatoms. The summed E-state index contributed by atoms with van der Waals surface area (Å²) in [6, 6.07) is 0. The van der Waals surface area contributed by atoms with Crippen LogP contribution in [0.4, 0.5) is 0 Å². The molecular weight excluding hydrogens is 502 g/mol. The number of esters is 1. The maximum absolute atomic E-state index is 12.2. The van der Waals surface area contributed by atoms with Crippen molar-refractivity contribution in [3.63, 3.8) is 0 Å². The van der Waals surface area contributed by atoms with Crippen LogP contribution in [0.5, 0.6) is 0 Å². The summed E-state index contributed by atoms with van der Waals surface area (Å²) in [4.78, 5) is 12.2. The second-order valence-electron chi connectivity index (χ2n) is 16.9. The van der Waals surface area contributed by atoms with Crippen molar-refractivity contribution in [3.05, 3.63) is 47.1 Å². The third kappa shape index (κ3) is 3.89. The van der Waals surface area contributed by atoms with Gasteiger partial charge in [-0.3, -0.25) is 0 Å². The monoisotopic (exact) mass is 559 g/mol. The first-order valence-electron chi connectivity index (χ1n) is 16.8. The van der Waals surface area contributed by atoms with Gasteiger partial charge in [-0.1, -0.05) is 71.9 Å². The van der Waals surface area contributed by atoms with Crippen LogP contribution in [0, 0.1) is 57.2 Å². The van der Waals surface area contributed by atoms with Crippen molar-refractivity contribution in [2.45, 2.75) is 118 Å². The summed E-state index contributed by atoms with van der Waals surface area (Å²) in [6.45, 7) is 22.2. The number of rotatable bonds is 3. The first-order chi connectivity index (χ1) is 19.1. The molecule has 3 nitrogen and oxygen atoms in total. The number of ether oxygens (including phenoxy) is 1. The number of carbonyl (C=O) groups excluding carboxylic acids is 1. The van der Waals surface area contributed by atoms with E-state index >= 15 is 0 Å². The van der Waals surface area contributed by atoms with Gasteiger partial charge in [0.1, 0.15) is 0 Å². The lowest BCUT2D eigenvalue weighted by Crippen LogP contribution is -2.67. The van der Waals surface area contributed by atoms with E-state index in [0.717, 1.165) is 23.8 Å². The van der Waals surface area contributed by atoms with Crippen LogP contribution in [0.25, 0.3) is 0 Å². The minimum absolute atomic E-state index is 0.0230. The number of fused-ring (bicyclic) bond motifs is 7. The van der Waals surface area contributed by atoms with E-state index in [1.165, 1.54) is 81.6 Å². The third-order valence-corrected chi connectivity index (χ3v) is 15.0. The second kappa shape index (κ2) is 9.44. The Morgan fingerprint density at radius 1 is 0.951 bits per heavy atom. The van der Waals surface area contributed by atoms with Crippen molar-refractivity contribution >= 4 is 5.97 Å². The van der Waals surface area contributed by atoms with E-state index in [-0.39, 0.29) is 16.9 Å². The van der Waals surface area contributed by atoms with Crippen LogP contribution >= 0.6 is 0 Å². The van der Waals surface area contributed by atoms with Crippen LogP contribution in [0.3, 0.4) is 0 Å². The quantitative estimate of drug-likeness (QED) is 0.277. The molecule has 226 valence electrons. The molecule has 0 aromatic heterocycles. The second-order valence-corrected chi connectivity index (χ2v) is 16.9. The highest BCUT2D eigenvalue weighted by Gasteiger charge is 2.70. The van der Waals surface area contributed by atoms with E-state index in [0.29, 0.717) is 39.9 Å². The first-order valence-corrected chi connectivity index (χ1v) is 16.8. The molecule has 4 fully saturated rings. The van der Waals surface area contributed by atoms with E-state index in [1.54, 1.807) is 0 Å². The summed E-state index contributed by atoms with van der Waals surface area (Å²) in [5.41, 5.74) is 13.6. The van der Waals surface area contributed by atoms with Gasteiger partial charge in [0.05, 0.1) is 7.11 Å². The van der Waals surface area contributed by atoms with Crippen LogP contribution in [-0.4, -0.2) is 18.6 Å². The molecule has 1 unspecified atom stereocenters. The molecule has 6 aliphatic carbocycles. The summed E-state index contributed by atoms with van der Waals surface area (Å²) < 4.78 is 5.03. The Morgan fingerprint density at radius 2 is 1.68 bits per heavy atom. The van der Waals surface area contributed by atoms with Crippen molar-refractivity contribution < 1.29 is 9.53 Å². The molecule has 41 heavy (non-hydrogen) atoms. The number of carbonyl (C=O) groups is 1. The molecule has 0 aromatic carbocycles. The predicted octanol–water partition coefficient (Wildman–Crippen LogP) is 8.96. The highest BCUT2D eigenvalue weighted by molar-refractivity contribution is 5.89. The van der Waals surface area contributed by atoms with Gasteiger partial charge in [-0.05, 0) is 139 Å². The Bertz CT molecular complexity index is 1240. The Hall–Kier alpha value is -1.61. The molecule has 6 rings (SSSR count). The minimum Gasteiger partial charge on any atom is -0.466 e. The van der Waals surface area contributed by atoms with Crippen LogP contribution in [0.2, 0.25) is 0 Å². The number of nitrogens with two attached hydrogens (primary N) is 1. The summed E-state index contributed by atoms with van der Waals surface area (Å²) in [5, 5.41) is 0. The number of hydrogen-bond donors (Lipinski definition) is 1. The van der Waals surface area contributed by atoms with E-state index in [2.05, 4.69) is 67.2 Å².